The Hall–Kier alpha value is -2.04. The topological polar surface area (TPSA) is 69.6 Å². The molecule has 1 saturated carbocycles. The normalized spacial score (nSPS) is 27.5. The van der Waals surface area contributed by atoms with Crippen molar-refractivity contribution >= 4 is 12.0 Å². The maximum atomic E-state index is 12.3. The van der Waals surface area contributed by atoms with Crippen LogP contribution in [0.1, 0.15) is 36.8 Å². The lowest BCUT2D eigenvalue weighted by molar-refractivity contribution is -0.139. The fraction of sp³-hybridized carbons (Fsp3) is 0.500. The Balaban J connectivity index is 1.73. The van der Waals surface area contributed by atoms with Gasteiger partial charge in [-0.1, -0.05) is 31.2 Å². The van der Waals surface area contributed by atoms with Crippen molar-refractivity contribution in [1.29, 1.82) is 0 Å². The van der Waals surface area contributed by atoms with Crippen molar-refractivity contribution in [2.24, 2.45) is 5.92 Å². The number of nitrogens with zero attached hydrogens (tertiary/aromatic N) is 1. The first kappa shape index (κ1) is 13.9. The summed E-state index contributed by atoms with van der Waals surface area (Å²) in [6.45, 7) is 2.88. The minimum absolute atomic E-state index is 0.146. The van der Waals surface area contributed by atoms with Crippen molar-refractivity contribution < 1.29 is 14.7 Å². The van der Waals surface area contributed by atoms with Gasteiger partial charge in [0.15, 0.2) is 0 Å². The van der Waals surface area contributed by atoms with E-state index in [1.54, 1.807) is 4.90 Å². The largest absolute Gasteiger partial charge is 0.481 e. The van der Waals surface area contributed by atoms with Gasteiger partial charge in [-0.25, -0.2) is 4.79 Å². The highest BCUT2D eigenvalue weighted by Gasteiger charge is 2.34. The van der Waals surface area contributed by atoms with E-state index in [1.807, 2.05) is 24.3 Å². The predicted molar refractivity (Wildman–Crippen MR) is 77.9 cm³/mol. The van der Waals surface area contributed by atoms with Crippen molar-refractivity contribution in [2.75, 3.05) is 6.54 Å². The second kappa shape index (κ2) is 5.39. The van der Waals surface area contributed by atoms with Gasteiger partial charge in [0.2, 0.25) is 0 Å². The van der Waals surface area contributed by atoms with Crippen LogP contribution in [0.2, 0.25) is 0 Å². The lowest BCUT2D eigenvalue weighted by atomic mass is 9.82. The minimum Gasteiger partial charge on any atom is -0.481 e. The zero-order chi connectivity index (χ0) is 15.0. The maximum Gasteiger partial charge on any atom is 0.317 e. The number of carboxylic acids is 1. The molecule has 1 fully saturated rings. The van der Waals surface area contributed by atoms with Crippen molar-refractivity contribution in [1.82, 2.24) is 10.2 Å². The highest BCUT2D eigenvalue weighted by molar-refractivity contribution is 5.81. The van der Waals surface area contributed by atoms with Crippen LogP contribution in [0.3, 0.4) is 0 Å². The SMILES string of the molecule is CC1CC(NC(=O)N2Cc3ccccc3C(C(=O)O)C2)C1. The number of carbonyl (C=O) groups is 2. The molecule has 0 saturated heterocycles. The molecular weight excluding hydrogens is 268 g/mol. The van der Waals surface area contributed by atoms with Gasteiger partial charge in [0.25, 0.3) is 0 Å². The molecule has 2 amide bonds. The maximum absolute atomic E-state index is 12.3. The van der Waals surface area contributed by atoms with Crippen LogP contribution in [0.5, 0.6) is 0 Å². The third kappa shape index (κ3) is 2.73. The molecule has 1 aliphatic carbocycles. The van der Waals surface area contributed by atoms with Crippen LogP contribution in [0.25, 0.3) is 0 Å². The van der Waals surface area contributed by atoms with Crippen LogP contribution in [0.15, 0.2) is 24.3 Å². The van der Waals surface area contributed by atoms with Crippen molar-refractivity contribution in [2.45, 2.75) is 38.3 Å². The zero-order valence-corrected chi connectivity index (χ0v) is 12.1. The van der Waals surface area contributed by atoms with Gasteiger partial charge >= 0.3 is 12.0 Å². The monoisotopic (exact) mass is 288 g/mol. The summed E-state index contributed by atoms with van der Waals surface area (Å²) in [5.41, 5.74) is 1.75. The lowest BCUT2D eigenvalue weighted by Crippen LogP contribution is -2.51. The minimum atomic E-state index is -0.878. The number of nitrogens with one attached hydrogen (secondary N) is 1. The Morgan fingerprint density at radius 2 is 2.00 bits per heavy atom. The van der Waals surface area contributed by atoms with E-state index in [1.165, 1.54) is 0 Å². The summed E-state index contributed by atoms with van der Waals surface area (Å²) in [5, 5.41) is 12.4. The quantitative estimate of drug-likeness (QED) is 0.876. The van der Waals surface area contributed by atoms with E-state index in [0.717, 1.165) is 24.0 Å². The van der Waals surface area contributed by atoms with Gasteiger partial charge in [-0.05, 0) is 29.9 Å². The number of aliphatic carboxylic acids is 1. The van der Waals surface area contributed by atoms with Crippen LogP contribution in [0.4, 0.5) is 4.79 Å². The Bertz CT molecular complexity index is 566. The van der Waals surface area contributed by atoms with Gasteiger partial charge in [-0.15, -0.1) is 0 Å². The summed E-state index contributed by atoms with van der Waals surface area (Å²) in [5.74, 6) is -0.845. The molecule has 5 heteroatoms. The molecule has 0 bridgehead atoms. The molecule has 0 spiro atoms. The Labute approximate surface area is 123 Å². The van der Waals surface area contributed by atoms with Crippen LogP contribution >= 0.6 is 0 Å². The molecule has 0 radical (unpaired) electrons. The molecule has 0 aromatic heterocycles. The molecule has 5 nitrogen and oxygen atoms in total. The third-order valence-corrected chi connectivity index (χ3v) is 4.48. The number of carbonyl (C=O) groups excluding carboxylic acids is 1. The highest BCUT2D eigenvalue weighted by atomic mass is 16.4. The summed E-state index contributed by atoms with van der Waals surface area (Å²) in [4.78, 5) is 25.4. The molecule has 21 heavy (non-hydrogen) atoms. The van der Waals surface area contributed by atoms with Gasteiger partial charge < -0.3 is 15.3 Å². The number of rotatable bonds is 2. The van der Waals surface area contributed by atoms with Crippen LogP contribution in [0, 0.1) is 5.92 Å². The molecule has 1 aliphatic heterocycles. The first-order valence-corrected chi connectivity index (χ1v) is 7.40. The van der Waals surface area contributed by atoms with Gasteiger partial charge in [0, 0.05) is 19.1 Å². The third-order valence-electron chi connectivity index (χ3n) is 4.48. The number of urea groups is 1. The summed E-state index contributed by atoms with van der Waals surface area (Å²) in [7, 11) is 0. The first-order chi connectivity index (χ1) is 10.0. The van der Waals surface area contributed by atoms with E-state index in [0.29, 0.717) is 12.5 Å². The van der Waals surface area contributed by atoms with E-state index < -0.39 is 11.9 Å². The van der Waals surface area contributed by atoms with E-state index in [-0.39, 0.29) is 18.6 Å². The molecule has 112 valence electrons. The Morgan fingerprint density at radius 1 is 1.29 bits per heavy atom. The molecule has 1 atom stereocenters. The van der Waals surface area contributed by atoms with E-state index >= 15 is 0 Å². The van der Waals surface area contributed by atoms with Gasteiger partial charge in [0.1, 0.15) is 0 Å². The van der Waals surface area contributed by atoms with Gasteiger partial charge in [0.05, 0.1) is 5.92 Å². The first-order valence-electron chi connectivity index (χ1n) is 7.40. The number of hydrogen-bond donors (Lipinski definition) is 2. The van der Waals surface area contributed by atoms with E-state index in [2.05, 4.69) is 12.2 Å². The highest BCUT2D eigenvalue weighted by Crippen LogP contribution is 2.30. The number of amides is 2. The average molecular weight is 288 g/mol. The van der Waals surface area contributed by atoms with Gasteiger partial charge in [-0.3, -0.25) is 4.79 Å². The van der Waals surface area contributed by atoms with Crippen molar-refractivity contribution in [3.05, 3.63) is 35.4 Å². The lowest BCUT2D eigenvalue weighted by Gasteiger charge is -2.37. The van der Waals surface area contributed by atoms with Gasteiger partial charge in [-0.2, -0.15) is 0 Å². The second-order valence-electron chi connectivity index (χ2n) is 6.19. The number of hydrogen-bond acceptors (Lipinski definition) is 2. The molecule has 2 aliphatic rings. The average Bonchev–Trinajstić information content (AvgIpc) is 2.44. The predicted octanol–water partition coefficient (Wildman–Crippen LogP) is 2.18. The van der Waals surface area contributed by atoms with Crippen molar-refractivity contribution in [3.8, 4) is 0 Å². The Kier molecular flexibility index (Phi) is 3.57. The summed E-state index contributed by atoms with van der Waals surface area (Å²) >= 11 is 0. The number of carboxylic acid groups (broad SMARTS) is 1. The van der Waals surface area contributed by atoms with E-state index in [9.17, 15) is 14.7 Å². The molecule has 1 unspecified atom stereocenters. The summed E-state index contributed by atoms with van der Waals surface area (Å²) in [6.07, 6.45) is 2.02. The summed E-state index contributed by atoms with van der Waals surface area (Å²) < 4.78 is 0. The molecule has 2 N–H and O–H groups in total. The molecular formula is C16H20N2O3. The standard InChI is InChI=1S/C16H20N2O3/c1-10-6-12(7-10)17-16(21)18-8-11-4-2-3-5-13(11)14(9-18)15(19)20/h2-5,10,12,14H,6-9H2,1H3,(H,17,21)(H,19,20). The van der Waals surface area contributed by atoms with Crippen LogP contribution in [-0.4, -0.2) is 34.6 Å². The number of benzene rings is 1. The smallest absolute Gasteiger partial charge is 0.317 e. The molecule has 1 aromatic carbocycles. The second-order valence-corrected chi connectivity index (χ2v) is 6.19. The van der Waals surface area contributed by atoms with Crippen molar-refractivity contribution in [3.63, 3.8) is 0 Å². The fourth-order valence-corrected chi connectivity index (χ4v) is 3.26. The fourth-order valence-electron chi connectivity index (χ4n) is 3.26. The van der Waals surface area contributed by atoms with Crippen LogP contribution in [-0.2, 0) is 11.3 Å². The van der Waals surface area contributed by atoms with E-state index in [4.69, 9.17) is 0 Å². The number of fused-ring (bicyclic) bond motifs is 1. The Morgan fingerprint density at radius 3 is 2.67 bits per heavy atom. The molecule has 1 heterocycles. The molecule has 3 rings (SSSR count). The zero-order valence-electron chi connectivity index (χ0n) is 12.1. The summed E-state index contributed by atoms with van der Waals surface area (Å²) in [6, 6.07) is 7.57. The van der Waals surface area contributed by atoms with Crippen LogP contribution < -0.4 is 5.32 Å². The molecule has 1 aromatic rings.